The zero-order valence-electron chi connectivity index (χ0n) is 16.2. The Morgan fingerprint density at radius 1 is 0.720 bits per heavy atom. The van der Waals surface area contributed by atoms with Crippen LogP contribution in [0.1, 0.15) is 53.1 Å². The van der Waals surface area contributed by atoms with Gasteiger partial charge in [-0.05, 0) is 74.9 Å². The molecule has 0 saturated heterocycles. The van der Waals surface area contributed by atoms with Crippen LogP contribution in [0.4, 0.5) is 0 Å². The third kappa shape index (κ3) is 4.30. The maximum Gasteiger partial charge on any atom is 0.125 e. The van der Waals surface area contributed by atoms with E-state index in [1.807, 2.05) is 13.8 Å². The Kier molecular flexibility index (Phi) is 6.78. The lowest BCUT2D eigenvalue weighted by Crippen LogP contribution is -2.07. The molecule has 0 bridgehead atoms. The van der Waals surface area contributed by atoms with Crippen molar-refractivity contribution >= 4 is 11.6 Å². The van der Waals surface area contributed by atoms with Crippen LogP contribution >= 0.6 is 11.6 Å². The van der Waals surface area contributed by atoms with Crippen molar-refractivity contribution in [2.24, 2.45) is 0 Å². The van der Waals surface area contributed by atoms with Crippen molar-refractivity contribution in [2.45, 2.75) is 47.5 Å². The molecule has 2 aromatic carbocycles. The Morgan fingerprint density at radius 3 is 1.28 bits per heavy atom. The van der Waals surface area contributed by atoms with Crippen molar-refractivity contribution in [3.05, 3.63) is 57.6 Å². The Hall–Kier alpha value is -1.67. The van der Waals surface area contributed by atoms with Gasteiger partial charge in [0.15, 0.2) is 0 Å². The first-order chi connectivity index (χ1) is 11.9. The van der Waals surface area contributed by atoms with E-state index in [0.717, 1.165) is 33.8 Å². The van der Waals surface area contributed by atoms with Gasteiger partial charge in [0.2, 0.25) is 0 Å². The SMILES string of the molecule is CCOc1c(C)cc(C(CCl)c2cc(C)c(OCC)c(C)c2)cc1C. The largest absolute Gasteiger partial charge is 0.493 e. The number of halogens is 1. The van der Waals surface area contributed by atoms with Crippen LogP contribution in [-0.4, -0.2) is 19.1 Å². The van der Waals surface area contributed by atoms with Crippen LogP contribution < -0.4 is 9.47 Å². The second-order valence-electron chi connectivity index (χ2n) is 6.54. The van der Waals surface area contributed by atoms with Crippen LogP contribution in [0.3, 0.4) is 0 Å². The fourth-order valence-electron chi connectivity index (χ4n) is 3.48. The lowest BCUT2D eigenvalue weighted by molar-refractivity contribution is 0.335. The highest BCUT2D eigenvalue weighted by molar-refractivity contribution is 6.18. The third-order valence-corrected chi connectivity index (χ3v) is 4.81. The van der Waals surface area contributed by atoms with Crippen LogP contribution in [0.15, 0.2) is 24.3 Å². The Labute approximate surface area is 157 Å². The molecular weight excluding hydrogens is 332 g/mol. The van der Waals surface area contributed by atoms with E-state index in [-0.39, 0.29) is 5.92 Å². The molecule has 3 heteroatoms. The zero-order valence-corrected chi connectivity index (χ0v) is 17.0. The van der Waals surface area contributed by atoms with E-state index in [2.05, 4.69) is 52.0 Å². The van der Waals surface area contributed by atoms with Gasteiger partial charge in [0.1, 0.15) is 11.5 Å². The van der Waals surface area contributed by atoms with Crippen molar-refractivity contribution < 1.29 is 9.47 Å². The van der Waals surface area contributed by atoms with Crippen LogP contribution in [-0.2, 0) is 0 Å². The predicted molar refractivity (Wildman–Crippen MR) is 107 cm³/mol. The summed E-state index contributed by atoms with van der Waals surface area (Å²) < 4.78 is 11.5. The summed E-state index contributed by atoms with van der Waals surface area (Å²) in [5, 5.41) is 0. The molecular formula is C22H29ClO2. The highest BCUT2D eigenvalue weighted by Crippen LogP contribution is 2.35. The van der Waals surface area contributed by atoms with Crippen molar-refractivity contribution in [1.29, 1.82) is 0 Å². The average molecular weight is 361 g/mol. The quantitative estimate of drug-likeness (QED) is 0.556. The van der Waals surface area contributed by atoms with E-state index in [9.17, 15) is 0 Å². The first-order valence-corrected chi connectivity index (χ1v) is 9.50. The summed E-state index contributed by atoms with van der Waals surface area (Å²) >= 11 is 6.39. The molecule has 0 aliphatic carbocycles. The second-order valence-corrected chi connectivity index (χ2v) is 6.85. The molecule has 25 heavy (non-hydrogen) atoms. The van der Waals surface area contributed by atoms with Gasteiger partial charge in [-0.1, -0.05) is 24.3 Å². The van der Waals surface area contributed by atoms with Gasteiger partial charge in [-0.2, -0.15) is 0 Å². The van der Waals surface area contributed by atoms with E-state index in [0.29, 0.717) is 19.1 Å². The number of benzene rings is 2. The van der Waals surface area contributed by atoms with Crippen LogP contribution in [0, 0.1) is 27.7 Å². The molecule has 0 atom stereocenters. The van der Waals surface area contributed by atoms with Crippen LogP contribution in [0.2, 0.25) is 0 Å². The highest BCUT2D eigenvalue weighted by atomic mass is 35.5. The van der Waals surface area contributed by atoms with Gasteiger partial charge >= 0.3 is 0 Å². The minimum absolute atomic E-state index is 0.155. The molecule has 2 rings (SSSR count). The van der Waals surface area contributed by atoms with Gasteiger partial charge in [-0.25, -0.2) is 0 Å². The van der Waals surface area contributed by atoms with Crippen LogP contribution in [0.25, 0.3) is 0 Å². The number of hydrogen-bond donors (Lipinski definition) is 0. The minimum Gasteiger partial charge on any atom is -0.493 e. The van der Waals surface area contributed by atoms with Gasteiger partial charge in [0.25, 0.3) is 0 Å². The number of hydrogen-bond acceptors (Lipinski definition) is 2. The molecule has 0 spiro atoms. The summed E-state index contributed by atoms with van der Waals surface area (Å²) in [6.07, 6.45) is 0. The molecule has 0 unspecified atom stereocenters. The average Bonchev–Trinajstić information content (AvgIpc) is 2.55. The van der Waals surface area contributed by atoms with E-state index in [1.165, 1.54) is 11.1 Å². The number of rotatable bonds is 7. The van der Waals surface area contributed by atoms with Gasteiger partial charge in [0, 0.05) is 11.8 Å². The van der Waals surface area contributed by atoms with Crippen molar-refractivity contribution in [2.75, 3.05) is 19.1 Å². The van der Waals surface area contributed by atoms with E-state index in [1.54, 1.807) is 0 Å². The molecule has 0 radical (unpaired) electrons. The summed E-state index contributed by atoms with van der Waals surface area (Å²) in [6.45, 7) is 13.8. The third-order valence-electron chi connectivity index (χ3n) is 4.50. The first-order valence-electron chi connectivity index (χ1n) is 8.96. The lowest BCUT2D eigenvalue weighted by Gasteiger charge is -2.21. The normalized spacial score (nSPS) is 11.0. The molecule has 0 aliphatic rings. The fraction of sp³-hybridized carbons (Fsp3) is 0.455. The van der Waals surface area contributed by atoms with E-state index < -0.39 is 0 Å². The van der Waals surface area contributed by atoms with Crippen molar-refractivity contribution in [3.8, 4) is 11.5 Å². The first kappa shape index (κ1) is 19.7. The summed E-state index contributed by atoms with van der Waals surface area (Å²) in [5.41, 5.74) is 7.10. The van der Waals surface area contributed by atoms with Crippen molar-refractivity contribution in [1.82, 2.24) is 0 Å². The predicted octanol–water partition coefficient (Wildman–Crippen LogP) is 6.09. The Balaban J connectivity index is 2.47. The summed E-state index contributed by atoms with van der Waals surface area (Å²) in [5.74, 6) is 2.67. The summed E-state index contributed by atoms with van der Waals surface area (Å²) in [4.78, 5) is 0. The minimum atomic E-state index is 0.155. The number of alkyl halides is 1. The van der Waals surface area contributed by atoms with Gasteiger partial charge in [0.05, 0.1) is 13.2 Å². The molecule has 2 nitrogen and oxygen atoms in total. The maximum atomic E-state index is 6.39. The van der Waals surface area contributed by atoms with E-state index >= 15 is 0 Å². The van der Waals surface area contributed by atoms with Crippen molar-refractivity contribution in [3.63, 3.8) is 0 Å². The maximum absolute atomic E-state index is 6.39. The molecule has 0 fully saturated rings. The standard InChI is InChI=1S/C22H29ClO2/c1-7-24-21-14(3)9-18(10-15(21)4)20(13-23)19-11-16(5)22(25-8-2)17(6)12-19/h9-12,20H,7-8,13H2,1-6H3. The fourth-order valence-corrected chi connectivity index (χ4v) is 3.84. The van der Waals surface area contributed by atoms with Gasteiger partial charge < -0.3 is 9.47 Å². The monoisotopic (exact) mass is 360 g/mol. The lowest BCUT2D eigenvalue weighted by atomic mass is 9.88. The molecule has 0 N–H and O–H groups in total. The molecule has 0 amide bonds. The molecule has 0 aliphatic heterocycles. The molecule has 0 heterocycles. The topological polar surface area (TPSA) is 18.5 Å². The number of ether oxygens (including phenoxy) is 2. The smallest absolute Gasteiger partial charge is 0.125 e. The molecule has 2 aromatic rings. The molecule has 136 valence electrons. The van der Waals surface area contributed by atoms with Crippen LogP contribution in [0.5, 0.6) is 11.5 Å². The Morgan fingerprint density at radius 2 is 1.04 bits per heavy atom. The van der Waals surface area contributed by atoms with Gasteiger partial charge in [-0.15, -0.1) is 11.6 Å². The summed E-state index contributed by atoms with van der Waals surface area (Å²) in [6, 6.07) is 8.80. The zero-order chi connectivity index (χ0) is 18.6. The summed E-state index contributed by atoms with van der Waals surface area (Å²) in [7, 11) is 0. The number of aryl methyl sites for hydroxylation is 4. The second kappa shape index (κ2) is 8.62. The van der Waals surface area contributed by atoms with Gasteiger partial charge in [-0.3, -0.25) is 0 Å². The molecule has 0 aromatic heterocycles. The molecule has 0 saturated carbocycles. The Bertz CT molecular complexity index is 629. The van der Waals surface area contributed by atoms with E-state index in [4.69, 9.17) is 21.1 Å². The highest BCUT2D eigenvalue weighted by Gasteiger charge is 2.18.